The van der Waals surface area contributed by atoms with E-state index in [2.05, 4.69) is 5.10 Å². The third-order valence-electron chi connectivity index (χ3n) is 3.46. The Morgan fingerprint density at radius 2 is 2.14 bits per heavy atom. The number of carbonyl (C=O) groups is 1. The lowest BCUT2D eigenvalue weighted by molar-refractivity contribution is -0.385. The number of nitrogens with zero attached hydrogens (tertiary/aromatic N) is 3. The number of rotatable bonds is 3. The van der Waals surface area contributed by atoms with E-state index in [4.69, 9.17) is 5.11 Å². The van der Waals surface area contributed by atoms with Crippen LogP contribution in [0.3, 0.4) is 0 Å². The Bertz CT molecular complexity index is 769. The number of nitro benzene ring substituents is 1. The summed E-state index contributed by atoms with van der Waals surface area (Å²) in [6, 6.07) is 3.09. The van der Waals surface area contributed by atoms with E-state index in [-0.39, 0.29) is 11.4 Å². The van der Waals surface area contributed by atoms with E-state index in [1.165, 1.54) is 10.7 Å². The maximum absolute atomic E-state index is 13.5. The van der Waals surface area contributed by atoms with Crippen LogP contribution in [-0.2, 0) is 12.8 Å². The molecule has 0 unspecified atom stereocenters. The number of fused-ring (bicyclic) bond motifs is 1. The van der Waals surface area contributed by atoms with Gasteiger partial charge in [0.1, 0.15) is 5.82 Å². The van der Waals surface area contributed by atoms with E-state index in [1.54, 1.807) is 0 Å². The molecule has 0 atom stereocenters. The minimum Gasteiger partial charge on any atom is -0.476 e. The fourth-order valence-corrected chi connectivity index (χ4v) is 2.61. The lowest BCUT2D eigenvalue weighted by Crippen LogP contribution is -2.05. The Morgan fingerprint density at radius 1 is 1.38 bits per heavy atom. The fraction of sp³-hybridized carbons (Fsp3) is 0.231. The molecule has 0 saturated carbocycles. The number of aromatic carboxylic acids is 1. The van der Waals surface area contributed by atoms with Crippen LogP contribution in [-0.4, -0.2) is 25.8 Å². The average molecular weight is 291 g/mol. The Morgan fingerprint density at radius 3 is 2.81 bits per heavy atom. The molecule has 0 spiro atoms. The van der Waals surface area contributed by atoms with Gasteiger partial charge in [-0.3, -0.25) is 10.1 Å². The summed E-state index contributed by atoms with van der Waals surface area (Å²) < 4.78 is 14.8. The highest BCUT2D eigenvalue weighted by atomic mass is 19.1. The third-order valence-corrected chi connectivity index (χ3v) is 3.46. The van der Waals surface area contributed by atoms with E-state index in [9.17, 15) is 19.3 Å². The monoisotopic (exact) mass is 291 g/mol. The molecule has 1 aromatic carbocycles. The minimum atomic E-state index is -1.15. The number of benzene rings is 1. The van der Waals surface area contributed by atoms with Crippen molar-refractivity contribution >= 4 is 11.7 Å². The van der Waals surface area contributed by atoms with Crippen molar-refractivity contribution in [2.45, 2.75) is 19.3 Å². The molecule has 2 aromatic rings. The summed E-state index contributed by atoms with van der Waals surface area (Å²) in [5.41, 5.74) is 0.979. The van der Waals surface area contributed by atoms with Gasteiger partial charge in [-0.25, -0.2) is 13.9 Å². The maximum Gasteiger partial charge on any atom is 0.356 e. The van der Waals surface area contributed by atoms with E-state index in [1.807, 2.05) is 0 Å². The maximum atomic E-state index is 13.5. The number of carboxylic acid groups (broad SMARTS) is 1. The SMILES string of the molecule is O=C(O)c1nn(-c2cc(F)cc([N+](=O)[O-])c2)c2c1CCC2. The van der Waals surface area contributed by atoms with Crippen LogP contribution >= 0.6 is 0 Å². The Labute approximate surface area is 117 Å². The van der Waals surface area contributed by atoms with E-state index in [0.717, 1.165) is 18.6 Å². The summed E-state index contributed by atoms with van der Waals surface area (Å²) >= 11 is 0. The first-order valence-electron chi connectivity index (χ1n) is 6.27. The zero-order chi connectivity index (χ0) is 15.1. The van der Waals surface area contributed by atoms with Crippen molar-refractivity contribution < 1.29 is 19.2 Å². The first-order valence-corrected chi connectivity index (χ1v) is 6.27. The van der Waals surface area contributed by atoms with Crippen LogP contribution in [0.5, 0.6) is 0 Å². The normalized spacial score (nSPS) is 13.2. The number of aromatic nitrogens is 2. The molecule has 0 bridgehead atoms. The largest absolute Gasteiger partial charge is 0.476 e. The van der Waals surface area contributed by atoms with Gasteiger partial charge < -0.3 is 5.11 Å². The second-order valence-electron chi connectivity index (χ2n) is 4.77. The highest BCUT2D eigenvalue weighted by Gasteiger charge is 2.27. The number of hydrogen-bond donors (Lipinski definition) is 1. The van der Waals surface area contributed by atoms with Crippen LogP contribution in [0, 0.1) is 15.9 Å². The van der Waals surface area contributed by atoms with Gasteiger partial charge in [-0.15, -0.1) is 0 Å². The van der Waals surface area contributed by atoms with E-state index < -0.39 is 22.4 Å². The predicted molar refractivity (Wildman–Crippen MR) is 69.2 cm³/mol. The van der Waals surface area contributed by atoms with Gasteiger partial charge in [0.2, 0.25) is 0 Å². The van der Waals surface area contributed by atoms with Crippen molar-refractivity contribution in [1.29, 1.82) is 0 Å². The van der Waals surface area contributed by atoms with Crippen molar-refractivity contribution in [1.82, 2.24) is 9.78 Å². The molecule has 1 aliphatic rings. The lowest BCUT2D eigenvalue weighted by atomic mass is 10.2. The summed E-state index contributed by atoms with van der Waals surface area (Å²) in [6.07, 6.45) is 1.99. The average Bonchev–Trinajstić information content (AvgIpc) is 2.98. The Hall–Kier alpha value is -2.77. The van der Waals surface area contributed by atoms with Crippen LogP contribution in [0.4, 0.5) is 10.1 Å². The van der Waals surface area contributed by atoms with Crippen molar-refractivity contribution in [2.24, 2.45) is 0 Å². The van der Waals surface area contributed by atoms with Crippen molar-refractivity contribution in [3.63, 3.8) is 0 Å². The quantitative estimate of drug-likeness (QED) is 0.689. The molecule has 0 fully saturated rings. The smallest absolute Gasteiger partial charge is 0.356 e. The van der Waals surface area contributed by atoms with Gasteiger partial charge in [0.05, 0.1) is 16.7 Å². The number of non-ortho nitro benzene ring substituents is 1. The summed E-state index contributed by atoms with van der Waals surface area (Å²) in [6.45, 7) is 0. The molecule has 1 aliphatic carbocycles. The molecule has 8 heteroatoms. The molecule has 1 aromatic heterocycles. The van der Waals surface area contributed by atoms with Crippen LogP contribution in [0.1, 0.15) is 28.2 Å². The summed E-state index contributed by atoms with van der Waals surface area (Å²) in [5, 5.41) is 23.9. The zero-order valence-corrected chi connectivity index (χ0v) is 10.7. The van der Waals surface area contributed by atoms with E-state index >= 15 is 0 Å². The minimum absolute atomic E-state index is 0.0746. The molecule has 0 aliphatic heterocycles. The molecule has 21 heavy (non-hydrogen) atoms. The highest BCUT2D eigenvalue weighted by Crippen LogP contribution is 2.29. The topological polar surface area (TPSA) is 98.3 Å². The summed E-state index contributed by atoms with van der Waals surface area (Å²) in [4.78, 5) is 21.3. The summed E-state index contributed by atoms with van der Waals surface area (Å²) in [7, 11) is 0. The second-order valence-corrected chi connectivity index (χ2v) is 4.77. The molecular formula is C13H10FN3O4. The van der Waals surface area contributed by atoms with Gasteiger partial charge in [0.25, 0.3) is 5.69 Å². The Kier molecular flexibility index (Phi) is 2.93. The van der Waals surface area contributed by atoms with Crippen LogP contribution in [0.15, 0.2) is 18.2 Å². The molecule has 108 valence electrons. The van der Waals surface area contributed by atoms with Gasteiger partial charge >= 0.3 is 5.97 Å². The molecule has 1 heterocycles. The van der Waals surface area contributed by atoms with Gasteiger partial charge in [-0.1, -0.05) is 0 Å². The molecule has 3 rings (SSSR count). The number of carboxylic acids is 1. The van der Waals surface area contributed by atoms with Crippen molar-refractivity contribution in [3.05, 3.63) is 51.1 Å². The highest BCUT2D eigenvalue weighted by molar-refractivity contribution is 5.87. The molecular weight excluding hydrogens is 281 g/mol. The van der Waals surface area contributed by atoms with Crippen LogP contribution in [0.25, 0.3) is 5.69 Å². The van der Waals surface area contributed by atoms with Crippen molar-refractivity contribution in [3.8, 4) is 5.69 Å². The molecule has 0 radical (unpaired) electrons. The van der Waals surface area contributed by atoms with Crippen molar-refractivity contribution in [2.75, 3.05) is 0 Å². The van der Waals surface area contributed by atoms with Crippen LogP contribution < -0.4 is 0 Å². The van der Waals surface area contributed by atoms with Gasteiger partial charge in [0.15, 0.2) is 5.69 Å². The standard InChI is InChI=1S/C13H10FN3O4/c14-7-4-8(6-9(5-7)17(20)21)16-11-3-1-2-10(11)12(15-16)13(18)19/h4-6H,1-3H2,(H,18,19). The van der Waals surface area contributed by atoms with Gasteiger partial charge in [0, 0.05) is 23.4 Å². The fourth-order valence-electron chi connectivity index (χ4n) is 2.61. The number of halogens is 1. The summed E-state index contributed by atoms with van der Waals surface area (Å²) in [5.74, 6) is -1.92. The first kappa shape index (κ1) is 13.2. The first-order chi connectivity index (χ1) is 9.97. The molecule has 1 N–H and O–H groups in total. The zero-order valence-electron chi connectivity index (χ0n) is 10.7. The molecule has 7 nitrogen and oxygen atoms in total. The predicted octanol–water partition coefficient (Wildman–Crippen LogP) is 2.11. The number of hydrogen-bond acceptors (Lipinski definition) is 4. The third kappa shape index (κ3) is 2.14. The lowest BCUT2D eigenvalue weighted by Gasteiger charge is -2.05. The molecule has 0 amide bonds. The van der Waals surface area contributed by atoms with Crippen LogP contribution in [0.2, 0.25) is 0 Å². The van der Waals surface area contributed by atoms with Gasteiger partial charge in [-0.2, -0.15) is 5.10 Å². The van der Waals surface area contributed by atoms with Gasteiger partial charge in [-0.05, 0) is 19.3 Å². The van der Waals surface area contributed by atoms with E-state index in [0.29, 0.717) is 24.1 Å². The second kappa shape index (κ2) is 4.65. The molecule has 0 saturated heterocycles. The number of nitro groups is 1. The Balaban J connectivity index is 2.20.